The molecule has 13 nitrogen and oxygen atoms in total. The molecular formula is C38H63N5O8. The summed E-state index contributed by atoms with van der Waals surface area (Å²) in [5.74, 6) is -3.71. The molecule has 51 heavy (non-hydrogen) atoms. The van der Waals surface area contributed by atoms with Gasteiger partial charge in [0.05, 0.1) is 37.8 Å². The fourth-order valence-corrected chi connectivity index (χ4v) is 5.51. The van der Waals surface area contributed by atoms with Crippen molar-refractivity contribution in [3.05, 3.63) is 35.9 Å². The molecule has 0 aromatic heterocycles. The lowest BCUT2D eigenvalue weighted by Crippen LogP contribution is -2.50. The van der Waals surface area contributed by atoms with Gasteiger partial charge in [-0.1, -0.05) is 65.0 Å². The van der Waals surface area contributed by atoms with Crippen LogP contribution in [0.15, 0.2) is 35.3 Å². The Kier molecular flexibility index (Phi) is 23.2. The molecule has 0 unspecified atom stereocenters. The van der Waals surface area contributed by atoms with E-state index in [0.717, 1.165) is 18.4 Å². The second-order valence-electron chi connectivity index (χ2n) is 13.8. The topological polar surface area (TPSA) is 212 Å². The van der Waals surface area contributed by atoms with Gasteiger partial charge in [-0.3, -0.25) is 29.0 Å². The molecule has 2 amide bonds. The van der Waals surface area contributed by atoms with Crippen LogP contribution in [-0.2, 0) is 39.9 Å². The predicted molar refractivity (Wildman–Crippen MR) is 198 cm³/mol. The molecule has 0 fully saturated rings. The molecular weight excluding hydrogens is 654 g/mol. The standard InChI is InChI=1S/C38H63N5O8/c1-6-12-33(46)32(21-28-14-8-7-9-15-28)42-37(49)30(24-44)23-34(47)35(27(4)5)43-36(48)29(16-10-17-41-38(39)40)22-31(45)25-51-20-19-50-18-11-13-26(2)3/h7-9,14-15,26-27,29-30,32,35,44H,6,10-13,16-25H2,1-5H3,(H,42,49)(H,43,48)(H4,39,40,41)/t29-,30+,32+,35+/m1/s1. The van der Waals surface area contributed by atoms with E-state index in [0.29, 0.717) is 32.0 Å². The molecule has 0 saturated carbocycles. The van der Waals surface area contributed by atoms with Gasteiger partial charge in [0.15, 0.2) is 23.3 Å². The molecule has 0 aliphatic carbocycles. The summed E-state index contributed by atoms with van der Waals surface area (Å²) < 4.78 is 11.0. The van der Waals surface area contributed by atoms with Crippen LogP contribution in [-0.4, -0.2) is 91.9 Å². The number of hydrogen-bond donors (Lipinski definition) is 5. The quantitative estimate of drug-likeness (QED) is 0.0464. The molecule has 0 saturated heterocycles. The monoisotopic (exact) mass is 717 g/mol. The summed E-state index contributed by atoms with van der Waals surface area (Å²) in [6, 6.07) is 7.48. The van der Waals surface area contributed by atoms with E-state index in [1.807, 2.05) is 37.3 Å². The third kappa shape index (κ3) is 20.1. The van der Waals surface area contributed by atoms with Gasteiger partial charge in [0, 0.05) is 38.3 Å². The highest BCUT2D eigenvalue weighted by atomic mass is 16.5. The Balaban J connectivity index is 2.91. The van der Waals surface area contributed by atoms with Gasteiger partial charge in [0.25, 0.3) is 0 Å². The van der Waals surface area contributed by atoms with E-state index in [-0.39, 0.29) is 75.3 Å². The van der Waals surface area contributed by atoms with Gasteiger partial charge in [-0.25, -0.2) is 0 Å². The first-order valence-corrected chi connectivity index (χ1v) is 18.3. The van der Waals surface area contributed by atoms with Crippen LogP contribution in [0.5, 0.6) is 0 Å². The van der Waals surface area contributed by atoms with Gasteiger partial charge >= 0.3 is 0 Å². The van der Waals surface area contributed by atoms with Crippen molar-refractivity contribution in [2.75, 3.05) is 39.6 Å². The van der Waals surface area contributed by atoms with Crippen molar-refractivity contribution in [2.24, 2.45) is 40.1 Å². The van der Waals surface area contributed by atoms with Crippen molar-refractivity contribution in [3.8, 4) is 0 Å². The molecule has 0 bridgehead atoms. The number of hydrogen-bond acceptors (Lipinski definition) is 9. The fourth-order valence-electron chi connectivity index (χ4n) is 5.51. The smallest absolute Gasteiger partial charge is 0.226 e. The summed E-state index contributed by atoms with van der Waals surface area (Å²) >= 11 is 0. The lowest BCUT2D eigenvalue weighted by molar-refractivity contribution is -0.136. The van der Waals surface area contributed by atoms with Crippen LogP contribution in [0.4, 0.5) is 0 Å². The molecule has 7 N–H and O–H groups in total. The average molecular weight is 718 g/mol. The van der Waals surface area contributed by atoms with E-state index in [4.69, 9.17) is 20.9 Å². The first kappa shape index (κ1) is 45.3. The van der Waals surface area contributed by atoms with Crippen molar-refractivity contribution < 1.29 is 38.6 Å². The number of guanidine groups is 1. The number of aliphatic imine (C=N–C) groups is 1. The van der Waals surface area contributed by atoms with E-state index in [2.05, 4.69) is 29.5 Å². The second kappa shape index (κ2) is 26.1. The molecule has 288 valence electrons. The largest absolute Gasteiger partial charge is 0.396 e. The number of amides is 2. The highest BCUT2D eigenvalue weighted by Crippen LogP contribution is 2.17. The lowest BCUT2D eigenvalue weighted by Gasteiger charge is -2.26. The molecule has 0 heterocycles. The Morgan fingerprint density at radius 1 is 0.824 bits per heavy atom. The number of nitrogens with two attached hydrogens (primary N) is 2. The van der Waals surface area contributed by atoms with Crippen molar-refractivity contribution in [3.63, 3.8) is 0 Å². The SMILES string of the molecule is CCCC(=O)[C@H](Cc1ccccc1)NC(=O)[C@H](CO)CC(=O)[C@@H](NC(=O)[C@H](CCCN=C(N)N)CC(=O)COCCOCCCC(C)C)C(C)C. The Morgan fingerprint density at radius 2 is 1.49 bits per heavy atom. The first-order chi connectivity index (χ1) is 24.3. The Labute approximate surface area is 304 Å². The highest BCUT2D eigenvalue weighted by molar-refractivity contribution is 5.95. The maximum atomic E-state index is 13.6. The fraction of sp³-hybridized carbons (Fsp3) is 0.684. The number of nitrogens with zero attached hydrogens (tertiary/aromatic N) is 1. The summed E-state index contributed by atoms with van der Waals surface area (Å²) in [6.07, 6.45) is 3.42. The number of carbonyl (C=O) groups excluding carboxylic acids is 5. The summed E-state index contributed by atoms with van der Waals surface area (Å²) in [6.45, 7) is 10.4. The molecule has 0 spiro atoms. The zero-order valence-electron chi connectivity index (χ0n) is 31.4. The Hall–Kier alpha value is -3.68. The van der Waals surface area contributed by atoms with E-state index in [1.54, 1.807) is 13.8 Å². The summed E-state index contributed by atoms with van der Waals surface area (Å²) in [5, 5.41) is 15.7. The number of aliphatic hydroxyl groups is 1. The van der Waals surface area contributed by atoms with E-state index in [9.17, 15) is 29.1 Å². The van der Waals surface area contributed by atoms with Gasteiger partial charge < -0.3 is 36.7 Å². The number of carbonyl (C=O) groups is 5. The summed E-state index contributed by atoms with van der Waals surface area (Å²) in [7, 11) is 0. The van der Waals surface area contributed by atoms with Gasteiger partial charge in [-0.15, -0.1) is 0 Å². The molecule has 0 aliphatic heterocycles. The van der Waals surface area contributed by atoms with E-state index >= 15 is 0 Å². The van der Waals surface area contributed by atoms with Gasteiger partial charge in [0.1, 0.15) is 6.61 Å². The van der Waals surface area contributed by atoms with Crippen LogP contribution in [0.3, 0.4) is 0 Å². The van der Waals surface area contributed by atoms with Crippen molar-refractivity contribution in [2.45, 2.75) is 104 Å². The number of ketones is 3. The number of rotatable bonds is 29. The summed E-state index contributed by atoms with van der Waals surface area (Å²) in [4.78, 5) is 70.1. The first-order valence-electron chi connectivity index (χ1n) is 18.3. The Morgan fingerprint density at radius 3 is 2.10 bits per heavy atom. The highest BCUT2D eigenvalue weighted by Gasteiger charge is 2.33. The number of aliphatic hydroxyl groups excluding tert-OH is 1. The number of Topliss-reactive ketones (excluding diaryl/α,β-unsaturated/α-hetero) is 3. The third-order valence-corrected chi connectivity index (χ3v) is 8.39. The maximum Gasteiger partial charge on any atom is 0.226 e. The van der Waals surface area contributed by atoms with Crippen LogP contribution in [0.1, 0.15) is 91.5 Å². The predicted octanol–water partition coefficient (Wildman–Crippen LogP) is 2.89. The van der Waals surface area contributed by atoms with Crippen LogP contribution >= 0.6 is 0 Å². The molecule has 0 radical (unpaired) electrons. The van der Waals surface area contributed by atoms with Crippen LogP contribution in [0, 0.1) is 23.7 Å². The van der Waals surface area contributed by atoms with Crippen molar-refractivity contribution in [1.29, 1.82) is 0 Å². The second-order valence-corrected chi connectivity index (χ2v) is 13.8. The molecule has 1 aromatic rings. The van der Waals surface area contributed by atoms with Gasteiger partial charge in [-0.05, 0) is 55.9 Å². The third-order valence-electron chi connectivity index (χ3n) is 8.39. The van der Waals surface area contributed by atoms with Gasteiger partial charge in [0.2, 0.25) is 11.8 Å². The minimum atomic E-state index is -1.13. The van der Waals surface area contributed by atoms with Crippen LogP contribution in [0.2, 0.25) is 0 Å². The average Bonchev–Trinajstić information content (AvgIpc) is 3.08. The number of ether oxygens (including phenoxy) is 2. The number of benzene rings is 1. The number of nitrogens with one attached hydrogen (secondary N) is 2. The molecule has 4 atom stereocenters. The Bertz CT molecular complexity index is 1220. The van der Waals surface area contributed by atoms with Crippen molar-refractivity contribution in [1.82, 2.24) is 10.6 Å². The zero-order valence-corrected chi connectivity index (χ0v) is 31.4. The lowest BCUT2D eigenvalue weighted by atomic mass is 9.90. The normalized spacial score (nSPS) is 13.6. The minimum Gasteiger partial charge on any atom is -0.396 e. The zero-order chi connectivity index (χ0) is 38.2. The van der Waals surface area contributed by atoms with Gasteiger partial charge in [-0.2, -0.15) is 0 Å². The molecule has 0 aliphatic rings. The molecule has 13 heteroatoms. The van der Waals surface area contributed by atoms with Crippen LogP contribution < -0.4 is 22.1 Å². The molecule has 1 rings (SSSR count). The van der Waals surface area contributed by atoms with Crippen molar-refractivity contribution >= 4 is 35.1 Å². The maximum absolute atomic E-state index is 13.6. The van der Waals surface area contributed by atoms with E-state index < -0.39 is 48.1 Å². The minimum absolute atomic E-state index is 0.0824. The van der Waals surface area contributed by atoms with E-state index in [1.165, 1.54) is 0 Å². The summed E-state index contributed by atoms with van der Waals surface area (Å²) in [5.41, 5.74) is 11.7. The van der Waals surface area contributed by atoms with Crippen LogP contribution in [0.25, 0.3) is 0 Å². The molecule has 1 aromatic carbocycles.